The van der Waals surface area contributed by atoms with Gasteiger partial charge < -0.3 is 15.1 Å². The van der Waals surface area contributed by atoms with Crippen LogP contribution < -0.4 is 0 Å². The second-order valence-electron chi connectivity index (χ2n) is 4.10. The van der Waals surface area contributed by atoms with Crippen LogP contribution in [-0.2, 0) is 0 Å². The van der Waals surface area contributed by atoms with E-state index in [1.54, 1.807) is 6.07 Å². The van der Waals surface area contributed by atoms with Gasteiger partial charge in [0, 0.05) is 18.7 Å². The van der Waals surface area contributed by atoms with Crippen LogP contribution in [0.2, 0.25) is 0 Å². The zero-order valence-electron chi connectivity index (χ0n) is 9.11. The summed E-state index contributed by atoms with van der Waals surface area (Å²) in [4.78, 5) is 2.01. The Bertz CT molecular complexity index is 398. The largest absolute Gasteiger partial charge is 0.504 e. The number of likely N-dealkylation sites (tertiary alicyclic amines) is 1. The van der Waals surface area contributed by atoms with E-state index in [9.17, 15) is 10.2 Å². The molecule has 0 bridgehead atoms. The number of phenolic OH excluding ortho intramolecular Hbond substituents is 2. The van der Waals surface area contributed by atoms with E-state index in [2.05, 4.69) is 0 Å². The monoisotopic (exact) mass is 220 g/mol. The van der Waals surface area contributed by atoms with Crippen LogP contribution in [0.3, 0.4) is 0 Å². The fourth-order valence-electron chi connectivity index (χ4n) is 1.97. The Morgan fingerprint density at radius 1 is 1.06 bits per heavy atom. The molecule has 0 atom stereocenters. The van der Waals surface area contributed by atoms with Gasteiger partial charge in [-0.1, -0.05) is 0 Å². The van der Waals surface area contributed by atoms with Gasteiger partial charge in [0.25, 0.3) is 0 Å². The molecule has 0 amide bonds. The average Bonchev–Trinajstić information content (AvgIpc) is 2.33. The molecule has 1 saturated heterocycles. The number of benzene rings is 1. The third kappa shape index (κ3) is 2.10. The van der Waals surface area contributed by atoms with Crippen LogP contribution in [0.25, 0.3) is 0 Å². The zero-order valence-corrected chi connectivity index (χ0v) is 9.11. The lowest BCUT2D eigenvalue weighted by atomic mass is 10.1. The van der Waals surface area contributed by atoms with Gasteiger partial charge in [0.15, 0.2) is 11.5 Å². The first-order valence-corrected chi connectivity index (χ1v) is 5.54. The van der Waals surface area contributed by atoms with Gasteiger partial charge in [-0.15, -0.1) is 0 Å². The van der Waals surface area contributed by atoms with Crippen LogP contribution in [0.5, 0.6) is 11.5 Å². The Balaban J connectivity index is 2.16. The molecule has 1 fully saturated rings. The first-order valence-electron chi connectivity index (χ1n) is 5.54. The molecule has 3 N–H and O–H groups in total. The maximum atomic E-state index is 9.38. The molecule has 2 rings (SSSR count). The van der Waals surface area contributed by atoms with Gasteiger partial charge in [-0.25, -0.2) is 0 Å². The molecule has 1 heterocycles. The van der Waals surface area contributed by atoms with Crippen molar-refractivity contribution in [1.82, 2.24) is 4.90 Å². The molecule has 86 valence electrons. The minimum Gasteiger partial charge on any atom is -0.504 e. The zero-order chi connectivity index (χ0) is 11.5. The number of phenols is 2. The van der Waals surface area contributed by atoms with Crippen molar-refractivity contribution in [3.8, 4) is 11.5 Å². The summed E-state index contributed by atoms with van der Waals surface area (Å²) < 4.78 is 0. The number of piperidine rings is 1. The van der Waals surface area contributed by atoms with Crippen LogP contribution in [0.4, 0.5) is 0 Å². The van der Waals surface area contributed by atoms with Crippen molar-refractivity contribution in [1.29, 1.82) is 5.41 Å². The number of nitrogens with one attached hydrogen (secondary N) is 1. The maximum absolute atomic E-state index is 9.38. The molecule has 0 saturated carbocycles. The van der Waals surface area contributed by atoms with Crippen molar-refractivity contribution in [3.63, 3.8) is 0 Å². The highest BCUT2D eigenvalue weighted by Gasteiger charge is 2.15. The van der Waals surface area contributed by atoms with E-state index in [0.717, 1.165) is 25.9 Å². The van der Waals surface area contributed by atoms with Gasteiger partial charge in [0.2, 0.25) is 0 Å². The molecule has 4 nitrogen and oxygen atoms in total. The Morgan fingerprint density at radius 2 is 1.75 bits per heavy atom. The van der Waals surface area contributed by atoms with Gasteiger partial charge in [-0.2, -0.15) is 0 Å². The predicted molar refractivity (Wildman–Crippen MR) is 62.0 cm³/mol. The van der Waals surface area contributed by atoms with E-state index in [1.807, 2.05) is 4.90 Å². The molecule has 4 heteroatoms. The van der Waals surface area contributed by atoms with Gasteiger partial charge in [-0.3, -0.25) is 5.41 Å². The Morgan fingerprint density at radius 3 is 2.38 bits per heavy atom. The molecule has 0 aromatic heterocycles. The second-order valence-corrected chi connectivity index (χ2v) is 4.10. The van der Waals surface area contributed by atoms with E-state index in [-0.39, 0.29) is 11.5 Å². The number of rotatable bonds is 1. The van der Waals surface area contributed by atoms with Crippen LogP contribution in [0.15, 0.2) is 18.2 Å². The molecule has 1 aliphatic rings. The molecular formula is C12H16N2O2. The van der Waals surface area contributed by atoms with Gasteiger partial charge >= 0.3 is 0 Å². The van der Waals surface area contributed by atoms with E-state index in [0.29, 0.717) is 11.4 Å². The Hall–Kier alpha value is -1.71. The summed E-state index contributed by atoms with van der Waals surface area (Å²) in [7, 11) is 0. The number of amidine groups is 1. The number of hydrogen-bond donors (Lipinski definition) is 3. The SMILES string of the molecule is N=C(c1ccc(O)c(O)c1)N1CCCCC1. The van der Waals surface area contributed by atoms with Gasteiger partial charge in [0.05, 0.1) is 0 Å². The molecule has 0 aliphatic carbocycles. The Kier molecular flexibility index (Phi) is 2.99. The number of nitrogens with zero attached hydrogens (tertiary/aromatic N) is 1. The highest BCUT2D eigenvalue weighted by molar-refractivity contribution is 5.97. The summed E-state index contributed by atoms with van der Waals surface area (Å²) in [6.07, 6.45) is 3.46. The molecule has 0 spiro atoms. The highest BCUT2D eigenvalue weighted by atomic mass is 16.3. The fraction of sp³-hybridized carbons (Fsp3) is 0.417. The molecule has 1 aromatic rings. The standard InChI is InChI=1S/C12H16N2O2/c13-12(14-6-2-1-3-7-14)9-4-5-10(15)11(16)8-9/h4-5,8,13,15-16H,1-3,6-7H2. The van der Waals surface area contributed by atoms with Crippen LogP contribution >= 0.6 is 0 Å². The summed E-state index contributed by atoms with van der Waals surface area (Å²) in [6.45, 7) is 1.81. The third-order valence-electron chi connectivity index (χ3n) is 2.92. The number of aromatic hydroxyl groups is 2. The molecule has 0 radical (unpaired) electrons. The minimum absolute atomic E-state index is 0.143. The van der Waals surface area contributed by atoms with E-state index in [1.165, 1.54) is 18.6 Å². The lowest BCUT2D eigenvalue weighted by molar-refractivity contribution is 0.341. The van der Waals surface area contributed by atoms with Crippen LogP contribution in [-0.4, -0.2) is 34.0 Å². The summed E-state index contributed by atoms with van der Waals surface area (Å²) in [5, 5.41) is 26.6. The normalized spacial score (nSPS) is 16.1. The van der Waals surface area contributed by atoms with Crippen molar-refractivity contribution >= 4 is 5.84 Å². The highest BCUT2D eigenvalue weighted by Crippen LogP contribution is 2.25. The maximum Gasteiger partial charge on any atom is 0.158 e. The third-order valence-corrected chi connectivity index (χ3v) is 2.92. The Labute approximate surface area is 94.6 Å². The second kappa shape index (κ2) is 4.43. The summed E-state index contributed by atoms with van der Waals surface area (Å²) in [5.41, 5.74) is 0.650. The van der Waals surface area contributed by atoms with E-state index in [4.69, 9.17) is 5.41 Å². The molecule has 0 unspecified atom stereocenters. The number of hydrogen-bond acceptors (Lipinski definition) is 3. The summed E-state index contributed by atoms with van der Waals surface area (Å²) in [5.74, 6) is 0.115. The van der Waals surface area contributed by atoms with Crippen LogP contribution in [0.1, 0.15) is 24.8 Å². The quantitative estimate of drug-likeness (QED) is 0.385. The first-order chi connectivity index (χ1) is 7.68. The molecule has 1 aromatic carbocycles. The van der Waals surface area contributed by atoms with Crippen LogP contribution in [0, 0.1) is 5.41 Å². The first kappa shape index (κ1) is 10.8. The lowest BCUT2D eigenvalue weighted by Crippen LogP contribution is -2.35. The smallest absolute Gasteiger partial charge is 0.158 e. The predicted octanol–water partition coefficient (Wildman–Crippen LogP) is 1.91. The van der Waals surface area contributed by atoms with Crippen molar-refractivity contribution < 1.29 is 10.2 Å². The molecular weight excluding hydrogens is 204 g/mol. The van der Waals surface area contributed by atoms with Crippen molar-refractivity contribution in [2.75, 3.05) is 13.1 Å². The summed E-state index contributed by atoms with van der Waals surface area (Å²) in [6, 6.07) is 4.52. The van der Waals surface area contributed by atoms with E-state index < -0.39 is 0 Å². The minimum atomic E-state index is -0.167. The lowest BCUT2D eigenvalue weighted by Gasteiger charge is -2.29. The fourth-order valence-corrected chi connectivity index (χ4v) is 1.97. The molecule has 1 aliphatic heterocycles. The van der Waals surface area contributed by atoms with Crippen molar-refractivity contribution in [2.24, 2.45) is 0 Å². The van der Waals surface area contributed by atoms with Crippen molar-refractivity contribution in [3.05, 3.63) is 23.8 Å². The van der Waals surface area contributed by atoms with Gasteiger partial charge in [0.1, 0.15) is 5.84 Å². The topological polar surface area (TPSA) is 67.5 Å². The van der Waals surface area contributed by atoms with Crippen molar-refractivity contribution in [2.45, 2.75) is 19.3 Å². The van der Waals surface area contributed by atoms with Gasteiger partial charge in [-0.05, 0) is 37.5 Å². The average molecular weight is 220 g/mol. The summed E-state index contributed by atoms with van der Waals surface area (Å²) >= 11 is 0. The van der Waals surface area contributed by atoms with E-state index >= 15 is 0 Å². The molecule has 16 heavy (non-hydrogen) atoms.